The van der Waals surface area contributed by atoms with E-state index in [0.29, 0.717) is 19.0 Å². The minimum absolute atomic E-state index is 0.273. The number of imidazole rings is 1. The summed E-state index contributed by atoms with van der Waals surface area (Å²) >= 11 is 0. The first-order valence-electron chi connectivity index (χ1n) is 11.9. The number of hydrogen-bond donors (Lipinski definition) is 0. The summed E-state index contributed by atoms with van der Waals surface area (Å²) < 4.78 is 2.18. The molecule has 2 aliphatic heterocycles. The van der Waals surface area contributed by atoms with Crippen LogP contribution < -0.4 is 4.90 Å². The fourth-order valence-electron chi connectivity index (χ4n) is 5.31. The predicted octanol–water partition coefficient (Wildman–Crippen LogP) is 3.55. The Bertz CT molecular complexity index is 1050. The lowest BCUT2D eigenvalue weighted by Gasteiger charge is -2.44. The van der Waals surface area contributed by atoms with Crippen LogP contribution in [0, 0.1) is 6.92 Å². The molecule has 32 heavy (non-hydrogen) atoms. The Morgan fingerprint density at radius 1 is 0.969 bits per heavy atom. The summed E-state index contributed by atoms with van der Waals surface area (Å²) in [6.07, 6.45) is 2.83. The highest BCUT2D eigenvalue weighted by molar-refractivity contribution is 5.78. The number of piperazine rings is 1. The fourth-order valence-corrected chi connectivity index (χ4v) is 5.31. The normalized spacial score (nSPS) is 20.1. The molecule has 2 aromatic carbocycles. The average Bonchev–Trinajstić information content (AvgIpc) is 3.18. The van der Waals surface area contributed by atoms with Gasteiger partial charge < -0.3 is 14.4 Å². The molecular weight excluding hydrogens is 398 g/mol. The number of rotatable bonds is 5. The molecule has 3 aromatic rings. The highest BCUT2D eigenvalue weighted by Gasteiger charge is 2.30. The second kappa shape index (κ2) is 9.33. The first kappa shape index (κ1) is 21.0. The molecule has 0 bridgehead atoms. The number of aryl methyl sites for hydroxylation is 2. The van der Waals surface area contributed by atoms with E-state index < -0.39 is 0 Å². The highest BCUT2D eigenvalue weighted by atomic mass is 16.2. The third-order valence-electron chi connectivity index (χ3n) is 7.10. The lowest BCUT2D eigenvalue weighted by atomic mass is 10.0. The Kier molecular flexibility index (Phi) is 6.12. The molecule has 2 fully saturated rings. The summed E-state index contributed by atoms with van der Waals surface area (Å²) in [5, 5.41) is 0. The lowest BCUT2D eigenvalue weighted by molar-refractivity contribution is -0.133. The SMILES string of the molecule is Cc1nc2ccccc2n1CCC(=O)N1CCC[C@@H](N2CCN(c3ccccc3)CC2)C1. The van der Waals surface area contributed by atoms with Gasteiger partial charge in [-0.25, -0.2) is 4.98 Å². The van der Waals surface area contributed by atoms with Gasteiger partial charge in [0.2, 0.25) is 5.91 Å². The predicted molar refractivity (Wildman–Crippen MR) is 129 cm³/mol. The van der Waals surface area contributed by atoms with Crippen LogP contribution in [0.3, 0.4) is 0 Å². The van der Waals surface area contributed by atoms with Crippen molar-refractivity contribution in [3.05, 3.63) is 60.4 Å². The molecule has 3 heterocycles. The summed E-state index contributed by atoms with van der Waals surface area (Å²) in [5.74, 6) is 1.25. The largest absolute Gasteiger partial charge is 0.369 e. The van der Waals surface area contributed by atoms with Crippen molar-refractivity contribution in [1.29, 1.82) is 0 Å². The van der Waals surface area contributed by atoms with Gasteiger partial charge in [-0.3, -0.25) is 9.69 Å². The first-order chi connectivity index (χ1) is 15.7. The summed E-state index contributed by atoms with van der Waals surface area (Å²) in [7, 11) is 0. The van der Waals surface area contributed by atoms with Crippen molar-refractivity contribution in [2.24, 2.45) is 0 Å². The molecule has 0 unspecified atom stereocenters. The van der Waals surface area contributed by atoms with Crippen LogP contribution in [0.1, 0.15) is 25.1 Å². The fraction of sp³-hybridized carbons (Fsp3) is 0.462. The number of anilines is 1. The van der Waals surface area contributed by atoms with Crippen molar-refractivity contribution in [2.75, 3.05) is 44.2 Å². The van der Waals surface area contributed by atoms with Gasteiger partial charge in [0.15, 0.2) is 0 Å². The molecule has 168 valence electrons. The molecule has 2 saturated heterocycles. The lowest BCUT2D eigenvalue weighted by Crippen LogP contribution is -2.55. The van der Waals surface area contributed by atoms with Crippen molar-refractivity contribution in [1.82, 2.24) is 19.4 Å². The number of carbonyl (C=O) groups is 1. The van der Waals surface area contributed by atoms with E-state index in [0.717, 1.165) is 62.5 Å². The minimum atomic E-state index is 0.273. The Labute approximate surface area is 190 Å². The number of para-hydroxylation sites is 3. The summed E-state index contributed by atoms with van der Waals surface area (Å²) in [6, 6.07) is 19.3. The monoisotopic (exact) mass is 431 g/mol. The molecule has 0 radical (unpaired) electrons. The van der Waals surface area contributed by atoms with E-state index in [9.17, 15) is 4.79 Å². The van der Waals surface area contributed by atoms with Gasteiger partial charge in [0.05, 0.1) is 11.0 Å². The molecule has 0 N–H and O–H groups in total. The topological polar surface area (TPSA) is 44.6 Å². The average molecular weight is 432 g/mol. The molecule has 5 rings (SSSR count). The number of nitrogens with zero attached hydrogens (tertiary/aromatic N) is 5. The molecule has 1 aromatic heterocycles. The van der Waals surface area contributed by atoms with Crippen molar-refractivity contribution in [3.63, 3.8) is 0 Å². The number of benzene rings is 2. The van der Waals surface area contributed by atoms with E-state index in [1.807, 2.05) is 25.1 Å². The van der Waals surface area contributed by atoms with Crippen LogP contribution in [-0.4, -0.2) is 70.6 Å². The second-order valence-electron chi connectivity index (χ2n) is 9.04. The Morgan fingerprint density at radius 3 is 2.53 bits per heavy atom. The zero-order valence-corrected chi connectivity index (χ0v) is 19.0. The molecular formula is C26H33N5O. The molecule has 1 amide bonds. The standard InChI is InChI=1S/C26H33N5O/c1-21-27-24-11-5-6-12-25(24)31(21)15-13-26(32)30-14-7-10-23(20-30)29-18-16-28(17-19-29)22-8-3-2-4-9-22/h2-6,8-9,11-12,23H,7,10,13-20H2,1H3/t23-/m1/s1. The maximum Gasteiger partial charge on any atom is 0.224 e. The number of amides is 1. The third kappa shape index (κ3) is 4.37. The quantitative estimate of drug-likeness (QED) is 0.620. The highest BCUT2D eigenvalue weighted by Crippen LogP contribution is 2.22. The van der Waals surface area contributed by atoms with E-state index in [4.69, 9.17) is 0 Å². The van der Waals surface area contributed by atoms with Gasteiger partial charge in [-0.05, 0) is 44.0 Å². The number of likely N-dealkylation sites (tertiary alicyclic amines) is 1. The van der Waals surface area contributed by atoms with Gasteiger partial charge in [-0.2, -0.15) is 0 Å². The van der Waals surface area contributed by atoms with Gasteiger partial charge in [0.25, 0.3) is 0 Å². The molecule has 0 aliphatic carbocycles. The van der Waals surface area contributed by atoms with Crippen LogP contribution in [0.25, 0.3) is 11.0 Å². The number of piperidine rings is 1. The van der Waals surface area contributed by atoms with Gasteiger partial charge in [0, 0.05) is 64.0 Å². The van der Waals surface area contributed by atoms with E-state index in [-0.39, 0.29) is 5.91 Å². The van der Waals surface area contributed by atoms with Crippen molar-refractivity contribution < 1.29 is 4.79 Å². The van der Waals surface area contributed by atoms with Crippen LogP contribution in [0.4, 0.5) is 5.69 Å². The third-order valence-corrected chi connectivity index (χ3v) is 7.10. The first-order valence-corrected chi connectivity index (χ1v) is 11.9. The van der Waals surface area contributed by atoms with Crippen LogP contribution in [0.2, 0.25) is 0 Å². The summed E-state index contributed by atoms with van der Waals surface area (Å²) in [5.41, 5.74) is 3.44. The van der Waals surface area contributed by atoms with Crippen LogP contribution >= 0.6 is 0 Å². The molecule has 6 nitrogen and oxygen atoms in total. The molecule has 0 saturated carbocycles. The second-order valence-corrected chi connectivity index (χ2v) is 9.04. The van der Waals surface area contributed by atoms with Crippen molar-refractivity contribution in [2.45, 2.75) is 38.8 Å². The van der Waals surface area contributed by atoms with E-state index in [1.54, 1.807) is 0 Å². The van der Waals surface area contributed by atoms with Gasteiger partial charge in [-0.1, -0.05) is 30.3 Å². The molecule has 1 atom stereocenters. The van der Waals surface area contributed by atoms with Crippen LogP contribution in [-0.2, 0) is 11.3 Å². The number of hydrogen-bond acceptors (Lipinski definition) is 4. The van der Waals surface area contributed by atoms with Crippen molar-refractivity contribution >= 4 is 22.6 Å². The number of aromatic nitrogens is 2. The van der Waals surface area contributed by atoms with Crippen LogP contribution in [0.15, 0.2) is 54.6 Å². The van der Waals surface area contributed by atoms with Crippen LogP contribution in [0.5, 0.6) is 0 Å². The smallest absolute Gasteiger partial charge is 0.224 e. The Morgan fingerprint density at radius 2 is 1.72 bits per heavy atom. The summed E-state index contributed by atoms with van der Waals surface area (Å²) in [6.45, 7) is 8.74. The van der Waals surface area contributed by atoms with Gasteiger partial charge >= 0.3 is 0 Å². The molecule has 2 aliphatic rings. The zero-order valence-electron chi connectivity index (χ0n) is 19.0. The maximum absolute atomic E-state index is 13.1. The minimum Gasteiger partial charge on any atom is -0.369 e. The Hall–Kier alpha value is -2.86. The molecule has 6 heteroatoms. The van der Waals surface area contributed by atoms with E-state index >= 15 is 0 Å². The maximum atomic E-state index is 13.1. The Balaban J connectivity index is 1.15. The summed E-state index contributed by atoms with van der Waals surface area (Å²) in [4.78, 5) is 24.9. The number of fused-ring (bicyclic) bond motifs is 1. The van der Waals surface area contributed by atoms with Gasteiger partial charge in [0.1, 0.15) is 5.82 Å². The zero-order chi connectivity index (χ0) is 21.9. The number of carbonyl (C=O) groups excluding carboxylic acids is 1. The van der Waals surface area contributed by atoms with Crippen molar-refractivity contribution in [3.8, 4) is 0 Å². The van der Waals surface area contributed by atoms with E-state index in [2.05, 4.69) is 60.6 Å². The molecule has 0 spiro atoms. The van der Waals surface area contributed by atoms with E-state index in [1.165, 1.54) is 12.1 Å². The van der Waals surface area contributed by atoms with Gasteiger partial charge in [-0.15, -0.1) is 0 Å².